The molecule has 2 heterocycles. The molecule has 7 heteroatoms. The maximum atomic E-state index is 12.1. The number of fused-ring (bicyclic) bond motifs is 2. The van der Waals surface area contributed by atoms with Gasteiger partial charge >= 0.3 is 11.3 Å². The molecule has 2 aromatic heterocycles. The van der Waals surface area contributed by atoms with Gasteiger partial charge in [0.1, 0.15) is 28.4 Å². The van der Waals surface area contributed by atoms with E-state index in [0.717, 1.165) is 39.0 Å². The van der Waals surface area contributed by atoms with Crippen LogP contribution in [-0.2, 0) is 0 Å². The quantitative estimate of drug-likeness (QED) is 0.244. The average molecular weight is 535 g/mol. The van der Waals surface area contributed by atoms with E-state index in [1.807, 2.05) is 55.5 Å². The Balaban J connectivity index is 0.000000161. The summed E-state index contributed by atoms with van der Waals surface area (Å²) in [6.45, 7) is 1.97. The van der Waals surface area contributed by atoms with Crippen molar-refractivity contribution in [1.82, 2.24) is 0 Å². The molecule has 0 bridgehead atoms. The van der Waals surface area contributed by atoms with Gasteiger partial charge in [-0.1, -0.05) is 36.4 Å². The smallest absolute Gasteiger partial charge is 0.344 e. The van der Waals surface area contributed by atoms with Crippen LogP contribution in [0.5, 0.6) is 17.2 Å². The van der Waals surface area contributed by atoms with Crippen molar-refractivity contribution in [3.63, 3.8) is 0 Å². The van der Waals surface area contributed by atoms with Crippen molar-refractivity contribution in [3.05, 3.63) is 123 Å². The molecule has 4 aromatic carbocycles. The van der Waals surface area contributed by atoms with Crippen LogP contribution in [-0.4, -0.2) is 19.3 Å². The largest absolute Gasteiger partial charge is 0.508 e. The van der Waals surface area contributed by atoms with E-state index >= 15 is 0 Å². The maximum Gasteiger partial charge on any atom is 0.344 e. The number of ether oxygens (including phenoxy) is 2. The Morgan fingerprint density at radius 3 is 1.50 bits per heavy atom. The Morgan fingerprint density at radius 1 is 0.575 bits per heavy atom. The number of rotatable bonds is 4. The number of benzene rings is 4. The molecule has 6 rings (SSSR count). The van der Waals surface area contributed by atoms with Crippen LogP contribution < -0.4 is 20.7 Å². The molecule has 200 valence electrons. The van der Waals surface area contributed by atoms with Crippen LogP contribution in [0.1, 0.15) is 5.56 Å². The van der Waals surface area contributed by atoms with Crippen molar-refractivity contribution in [2.24, 2.45) is 0 Å². The summed E-state index contributed by atoms with van der Waals surface area (Å²) in [6, 6.07) is 28.7. The van der Waals surface area contributed by atoms with Crippen LogP contribution in [0.2, 0.25) is 0 Å². The molecule has 0 spiro atoms. The first-order valence-electron chi connectivity index (χ1n) is 12.4. The number of phenols is 1. The average Bonchev–Trinajstić information content (AvgIpc) is 2.97. The number of hydrogen-bond acceptors (Lipinski definition) is 7. The molecule has 0 aliphatic carbocycles. The van der Waals surface area contributed by atoms with Gasteiger partial charge in [-0.2, -0.15) is 0 Å². The van der Waals surface area contributed by atoms with Gasteiger partial charge < -0.3 is 23.4 Å². The number of methoxy groups -OCH3 is 2. The molecule has 1 N–H and O–H groups in total. The lowest BCUT2D eigenvalue weighted by atomic mass is 10.1. The van der Waals surface area contributed by atoms with Gasteiger partial charge in [0.15, 0.2) is 0 Å². The Kier molecular flexibility index (Phi) is 7.37. The molecule has 40 heavy (non-hydrogen) atoms. The van der Waals surface area contributed by atoms with E-state index in [1.165, 1.54) is 6.07 Å². The first-order valence-corrected chi connectivity index (χ1v) is 12.4. The second kappa shape index (κ2) is 11.2. The summed E-state index contributed by atoms with van der Waals surface area (Å²) in [5.41, 5.74) is 3.91. The van der Waals surface area contributed by atoms with E-state index in [4.69, 9.17) is 18.3 Å². The minimum atomic E-state index is -0.437. The lowest BCUT2D eigenvalue weighted by Crippen LogP contribution is -2.02. The van der Waals surface area contributed by atoms with E-state index in [9.17, 15) is 14.7 Å². The third-order valence-corrected chi connectivity index (χ3v) is 6.41. The van der Waals surface area contributed by atoms with E-state index in [1.54, 1.807) is 56.7 Å². The third-order valence-electron chi connectivity index (χ3n) is 6.41. The second-order valence-corrected chi connectivity index (χ2v) is 9.12. The Labute approximate surface area is 229 Å². The van der Waals surface area contributed by atoms with Crippen molar-refractivity contribution < 1.29 is 23.4 Å². The van der Waals surface area contributed by atoms with Crippen molar-refractivity contribution in [3.8, 4) is 39.5 Å². The van der Waals surface area contributed by atoms with Crippen LogP contribution in [0.3, 0.4) is 0 Å². The fraction of sp³-hybridized carbons (Fsp3) is 0.0909. The summed E-state index contributed by atoms with van der Waals surface area (Å²) < 4.78 is 20.8. The molecule has 0 saturated heterocycles. The predicted molar refractivity (Wildman–Crippen MR) is 155 cm³/mol. The van der Waals surface area contributed by atoms with Gasteiger partial charge in [0.25, 0.3) is 0 Å². The highest BCUT2D eigenvalue weighted by Crippen LogP contribution is 2.26. The van der Waals surface area contributed by atoms with Crippen LogP contribution in [0, 0.1) is 6.92 Å². The lowest BCUT2D eigenvalue weighted by molar-refractivity contribution is 0.414. The normalized spacial score (nSPS) is 10.7. The van der Waals surface area contributed by atoms with Crippen molar-refractivity contribution >= 4 is 21.9 Å². The first kappa shape index (κ1) is 26.3. The zero-order chi connectivity index (χ0) is 28.2. The Bertz CT molecular complexity index is 1770. The minimum absolute atomic E-state index is 0.0675. The molecule has 0 unspecified atom stereocenters. The van der Waals surface area contributed by atoms with Crippen LogP contribution in [0.15, 0.2) is 115 Å². The highest BCUT2D eigenvalue weighted by molar-refractivity contribution is 5.83. The summed E-state index contributed by atoms with van der Waals surface area (Å²) in [5, 5.41) is 11.1. The zero-order valence-electron chi connectivity index (χ0n) is 22.1. The van der Waals surface area contributed by atoms with Crippen molar-refractivity contribution in [2.75, 3.05) is 14.2 Å². The van der Waals surface area contributed by atoms with Crippen LogP contribution >= 0.6 is 0 Å². The second-order valence-electron chi connectivity index (χ2n) is 9.12. The molecule has 0 aliphatic rings. The third kappa shape index (κ3) is 5.59. The Hall–Kier alpha value is -5.30. The minimum Gasteiger partial charge on any atom is -0.508 e. The molecular weight excluding hydrogens is 508 g/mol. The van der Waals surface area contributed by atoms with E-state index in [-0.39, 0.29) is 11.4 Å². The fourth-order valence-electron chi connectivity index (χ4n) is 4.26. The van der Waals surface area contributed by atoms with Gasteiger partial charge in [-0.25, -0.2) is 9.59 Å². The molecule has 0 fully saturated rings. The summed E-state index contributed by atoms with van der Waals surface area (Å²) in [6.07, 6.45) is 0. The van der Waals surface area contributed by atoms with Gasteiger partial charge in [-0.05, 0) is 78.2 Å². The topological polar surface area (TPSA) is 99.1 Å². The summed E-state index contributed by atoms with van der Waals surface area (Å²) in [5.74, 6) is 1.55. The molecule has 0 aliphatic heterocycles. The van der Waals surface area contributed by atoms with Gasteiger partial charge in [0.2, 0.25) is 0 Å². The maximum absolute atomic E-state index is 12.1. The van der Waals surface area contributed by atoms with E-state index in [0.29, 0.717) is 22.3 Å². The van der Waals surface area contributed by atoms with Gasteiger partial charge in [-0.3, -0.25) is 0 Å². The van der Waals surface area contributed by atoms with Crippen LogP contribution in [0.25, 0.3) is 44.2 Å². The van der Waals surface area contributed by atoms with E-state index < -0.39 is 5.63 Å². The molecule has 0 amide bonds. The fourth-order valence-corrected chi connectivity index (χ4v) is 4.26. The van der Waals surface area contributed by atoms with Crippen LogP contribution in [0.4, 0.5) is 0 Å². The highest BCUT2D eigenvalue weighted by atomic mass is 16.5. The molecule has 7 nitrogen and oxygen atoms in total. The number of hydrogen-bond donors (Lipinski definition) is 1. The predicted octanol–water partition coefficient (Wildman–Crippen LogP) is 6.95. The molecule has 0 atom stereocenters. The van der Waals surface area contributed by atoms with Gasteiger partial charge in [0, 0.05) is 16.8 Å². The summed E-state index contributed by atoms with van der Waals surface area (Å²) >= 11 is 0. The molecule has 0 saturated carbocycles. The molecule has 6 aromatic rings. The summed E-state index contributed by atoms with van der Waals surface area (Å²) in [7, 11) is 3.20. The Morgan fingerprint density at radius 2 is 1.02 bits per heavy atom. The number of phenolic OH excluding ortho intramolecular Hbond substituents is 1. The summed E-state index contributed by atoms with van der Waals surface area (Å²) in [4.78, 5) is 24.1. The van der Waals surface area contributed by atoms with Gasteiger partial charge in [0.05, 0.1) is 25.3 Å². The number of aromatic hydroxyl groups is 1. The lowest BCUT2D eigenvalue weighted by Gasteiger charge is -2.04. The first-order chi connectivity index (χ1) is 19.3. The van der Waals surface area contributed by atoms with Crippen molar-refractivity contribution in [2.45, 2.75) is 6.92 Å². The molecule has 0 radical (unpaired) electrons. The molecular formula is C33H26O7. The van der Waals surface area contributed by atoms with Crippen molar-refractivity contribution in [1.29, 1.82) is 0 Å². The standard InChI is InChI=1S/C17H14O3.C16H12O4/c1-11-3-4-13-10-15(17(18)20-16(13)9-11)12-5-7-14(19-2)8-6-12;1-19-13-6-3-10(4-7-13)14-8-11-2-5-12(17)9-15(11)20-16(14)18/h3-10H,1-2H3;2-9,17H,1H3. The zero-order valence-corrected chi connectivity index (χ0v) is 22.1. The van der Waals surface area contributed by atoms with Gasteiger partial charge in [-0.15, -0.1) is 0 Å². The SMILES string of the molecule is COc1ccc(-c2cc3ccc(C)cc3oc2=O)cc1.COc1ccc(-c2cc3ccc(O)cc3oc2=O)cc1. The monoisotopic (exact) mass is 534 g/mol. The number of aryl methyl sites for hydroxylation is 1. The van der Waals surface area contributed by atoms with E-state index in [2.05, 4.69) is 0 Å². The highest BCUT2D eigenvalue weighted by Gasteiger charge is 2.09.